The second-order valence-electron chi connectivity index (χ2n) is 4.45. The fourth-order valence-electron chi connectivity index (χ4n) is 1.77. The Morgan fingerprint density at radius 3 is 2.74 bits per heavy atom. The van der Waals surface area contributed by atoms with Crippen molar-refractivity contribution >= 4 is 11.8 Å². The third kappa shape index (κ3) is 4.04. The Labute approximate surface area is 118 Å². The van der Waals surface area contributed by atoms with Gasteiger partial charge in [0.2, 0.25) is 0 Å². The van der Waals surface area contributed by atoms with Crippen molar-refractivity contribution in [3.8, 4) is 0 Å². The molecule has 1 aromatic carbocycles. The molecule has 0 spiro atoms. The predicted octanol–water partition coefficient (Wildman–Crippen LogP) is 3.35. The average Bonchev–Trinajstić information content (AvgIpc) is 2.38. The summed E-state index contributed by atoms with van der Waals surface area (Å²) in [5.74, 6) is 0. The molecule has 2 rings (SSSR count). The van der Waals surface area contributed by atoms with Crippen LogP contribution in [0.4, 0.5) is 0 Å². The summed E-state index contributed by atoms with van der Waals surface area (Å²) >= 11 is 1.61. The Kier molecular flexibility index (Phi) is 4.93. The first-order chi connectivity index (χ1) is 9.19. The van der Waals surface area contributed by atoms with Crippen molar-refractivity contribution in [1.82, 2.24) is 15.3 Å². The molecule has 4 heteroatoms. The highest BCUT2D eigenvalue weighted by Crippen LogP contribution is 2.26. The van der Waals surface area contributed by atoms with Gasteiger partial charge in [-0.1, -0.05) is 13.0 Å². The number of hydrogen-bond donors (Lipinski definition) is 1. The summed E-state index contributed by atoms with van der Waals surface area (Å²) in [6.45, 7) is 8.17. The Bertz CT molecular complexity index is 555. The molecule has 100 valence electrons. The third-order valence-corrected chi connectivity index (χ3v) is 3.73. The lowest BCUT2D eigenvalue weighted by molar-refractivity contribution is 0.723. The fraction of sp³-hybridized carbons (Fsp3) is 0.333. The molecule has 0 aliphatic carbocycles. The van der Waals surface area contributed by atoms with Crippen LogP contribution in [-0.4, -0.2) is 16.5 Å². The molecular formula is C15H19N3S. The zero-order valence-electron chi connectivity index (χ0n) is 11.6. The minimum Gasteiger partial charge on any atom is -0.313 e. The zero-order chi connectivity index (χ0) is 13.7. The Balaban J connectivity index is 2.11. The van der Waals surface area contributed by atoms with Gasteiger partial charge in [0.25, 0.3) is 0 Å². The maximum Gasteiger partial charge on any atom is 0.192 e. The summed E-state index contributed by atoms with van der Waals surface area (Å²) in [6.07, 6.45) is 1.80. The van der Waals surface area contributed by atoms with E-state index < -0.39 is 0 Å². The van der Waals surface area contributed by atoms with E-state index in [-0.39, 0.29) is 0 Å². The molecule has 0 amide bonds. The second kappa shape index (κ2) is 6.68. The molecule has 0 atom stereocenters. The normalized spacial score (nSPS) is 10.7. The minimum atomic E-state index is 0.804. The van der Waals surface area contributed by atoms with E-state index in [4.69, 9.17) is 0 Å². The molecule has 2 aromatic rings. The van der Waals surface area contributed by atoms with Crippen LogP contribution in [0.1, 0.15) is 23.7 Å². The van der Waals surface area contributed by atoms with Crippen molar-refractivity contribution in [1.29, 1.82) is 0 Å². The number of hydrogen-bond acceptors (Lipinski definition) is 4. The van der Waals surface area contributed by atoms with Gasteiger partial charge in [0, 0.05) is 23.3 Å². The molecule has 1 aromatic heterocycles. The number of aromatic nitrogens is 2. The van der Waals surface area contributed by atoms with Gasteiger partial charge in [0.05, 0.1) is 0 Å². The van der Waals surface area contributed by atoms with E-state index in [9.17, 15) is 0 Å². The second-order valence-corrected chi connectivity index (χ2v) is 5.49. The van der Waals surface area contributed by atoms with Crippen molar-refractivity contribution < 1.29 is 0 Å². The van der Waals surface area contributed by atoms with Gasteiger partial charge >= 0.3 is 0 Å². The largest absolute Gasteiger partial charge is 0.313 e. The summed E-state index contributed by atoms with van der Waals surface area (Å²) in [5.41, 5.74) is 3.65. The quantitative estimate of drug-likeness (QED) is 0.848. The van der Waals surface area contributed by atoms with E-state index >= 15 is 0 Å². The maximum absolute atomic E-state index is 4.41. The van der Waals surface area contributed by atoms with Crippen molar-refractivity contribution in [2.24, 2.45) is 0 Å². The van der Waals surface area contributed by atoms with Crippen LogP contribution in [0.5, 0.6) is 0 Å². The summed E-state index contributed by atoms with van der Waals surface area (Å²) < 4.78 is 0. The molecule has 1 heterocycles. The van der Waals surface area contributed by atoms with Gasteiger partial charge in [-0.2, -0.15) is 0 Å². The molecule has 0 bridgehead atoms. The summed E-state index contributed by atoms with van der Waals surface area (Å²) in [5, 5.41) is 4.15. The molecule has 3 nitrogen and oxygen atoms in total. The van der Waals surface area contributed by atoms with Gasteiger partial charge in [-0.25, -0.2) is 9.97 Å². The van der Waals surface area contributed by atoms with Crippen LogP contribution >= 0.6 is 11.8 Å². The van der Waals surface area contributed by atoms with E-state index in [1.54, 1.807) is 18.0 Å². The Hall–Kier alpha value is -1.39. The first-order valence-electron chi connectivity index (χ1n) is 6.47. The molecule has 0 saturated heterocycles. The van der Waals surface area contributed by atoms with E-state index in [2.05, 4.69) is 47.3 Å². The van der Waals surface area contributed by atoms with E-state index in [1.165, 1.54) is 16.0 Å². The van der Waals surface area contributed by atoms with Gasteiger partial charge in [0.1, 0.15) is 0 Å². The number of nitrogens with zero attached hydrogens (tertiary/aromatic N) is 2. The van der Waals surface area contributed by atoms with Crippen molar-refractivity contribution in [3.05, 3.63) is 47.3 Å². The van der Waals surface area contributed by atoms with Gasteiger partial charge in [-0.15, -0.1) is 0 Å². The molecule has 19 heavy (non-hydrogen) atoms. The summed E-state index contributed by atoms with van der Waals surface area (Å²) in [7, 11) is 0. The molecule has 0 fully saturated rings. The molecule has 0 aliphatic heterocycles. The lowest BCUT2D eigenvalue weighted by Gasteiger charge is -2.08. The SMILES string of the molecule is CCNCc1ccc(Sc2nccc(C)n2)cc1C. The van der Waals surface area contributed by atoms with Crippen LogP contribution in [-0.2, 0) is 6.54 Å². The molecule has 0 saturated carbocycles. The first kappa shape index (κ1) is 14.0. The highest BCUT2D eigenvalue weighted by atomic mass is 32.2. The number of rotatable bonds is 5. The molecule has 0 radical (unpaired) electrons. The van der Waals surface area contributed by atoms with Crippen LogP contribution < -0.4 is 5.32 Å². The fourth-order valence-corrected chi connectivity index (χ4v) is 2.66. The molecule has 0 aliphatic rings. The van der Waals surface area contributed by atoms with Crippen LogP contribution in [0, 0.1) is 13.8 Å². The topological polar surface area (TPSA) is 37.8 Å². The average molecular weight is 273 g/mol. The third-order valence-electron chi connectivity index (χ3n) is 2.86. The summed E-state index contributed by atoms with van der Waals surface area (Å²) in [4.78, 5) is 9.87. The maximum atomic E-state index is 4.41. The van der Waals surface area contributed by atoms with E-state index in [0.717, 1.165) is 23.9 Å². The monoisotopic (exact) mass is 273 g/mol. The minimum absolute atomic E-state index is 0.804. The van der Waals surface area contributed by atoms with Gasteiger partial charge in [-0.05, 0) is 61.5 Å². The highest BCUT2D eigenvalue weighted by molar-refractivity contribution is 7.99. The lowest BCUT2D eigenvalue weighted by Crippen LogP contribution is -2.12. The predicted molar refractivity (Wildman–Crippen MR) is 79.5 cm³/mol. The Morgan fingerprint density at radius 2 is 2.05 bits per heavy atom. The van der Waals surface area contributed by atoms with Crippen molar-refractivity contribution in [2.45, 2.75) is 37.4 Å². The van der Waals surface area contributed by atoms with E-state index in [0.29, 0.717) is 0 Å². The standard InChI is InChI=1S/C15H19N3S/c1-4-16-10-13-5-6-14(9-11(13)2)19-15-17-8-7-12(3)18-15/h5-9,16H,4,10H2,1-3H3. The molecular weight excluding hydrogens is 254 g/mol. The van der Waals surface area contributed by atoms with Crippen LogP contribution in [0.3, 0.4) is 0 Å². The lowest BCUT2D eigenvalue weighted by atomic mass is 10.1. The van der Waals surface area contributed by atoms with Gasteiger partial charge in [-0.3, -0.25) is 0 Å². The number of nitrogens with one attached hydrogen (secondary N) is 1. The van der Waals surface area contributed by atoms with E-state index in [1.807, 2.05) is 13.0 Å². The van der Waals surface area contributed by atoms with Gasteiger partial charge < -0.3 is 5.32 Å². The molecule has 0 unspecified atom stereocenters. The van der Waals surface area contributed by atoms with Crippen molar-refractivity contribution in [2.75, 3.05) is 6.54 Å². The highest BCUT2D eigenvalue weighted by Gasteiger charge is 2.04. The number of aryl methyl sites for hydroxylation is 2. The Morgan fingerprint density at radius 1 is 1.21 bits per heavy atom. The van der Waals surface area contributed by atoms with Crippen LogP contribution in [0.2, 0.25) is 0 Å². The van der Waals surface area contributed by atoms with Crippen LogP contribution in [0.15, 0.2) is 40.5 Å². The molecule has 1 N–H and O–H groups in total. The first-order valence-corrected chi connectivity index (χ1v) is 7.28. The van der Waals surface area contributed by atoms with Crippen LogP contribution in [0.25, 0.3) is 0 Å². The van der Waals surface area contributed by atoms with Gasteiger partial charge in [0.15, 0.2) is 5.16 Å². The smallest absolute Gasteiger partial charge is 0.192 e. The number of benzene rings is 1. The zero-order valence-corrected chi connectivity index (χ0v) is 12.4. The van der Waals surface area contributed by atoms with Crippen molar-refractivity contribution in [3.63, 3.8) is 0 Å². The summed E-state index contributed by atoms with van der Waals surface area (Å²) in [6, 6.07) is 8.42.